The van der Waals surface area contributed by atoms with Crippen molar-refractivity contribution in [3.8, 4) is 5.75 Å². The van der Waals surface area contributed by atoms with Crippen LogP contribution in [0.25, 0.3) is 6.08 Å². The van der Waals surface area contributed by atoms with E-state index in [1.165, 1.54) is 36.7 Å². The second-order valence-corrected chi connectivity index (χ2v) is 7.90. The van der Waals surface area contributed by atoms with Crippen molar-refractivity contribution < 1.29 is 37.0 Å². The molecule has 0 saturated carbocycles. The first-order chi connectivity index (χ1) is 14.3. The van der Waals surface area contributed by atoms with Crippen LogP contribution >= 0.6 is 0 Å². The molecule has 0 aromatic heterocycles. The van der Waals surface area contributed by atoms with E-state index in [-0.39, 0.29) is 23.7 Å². The highest BCUT2D eigenvalue weighted by atomic mass is 32.2. The van der Waals surface area contributed by atoms with Gasteiger partial charge in [-0.15, -0.1) is 0 Å². The third kappa shape index (κ3) is 6.27. The van der Waals surface area contributed by atoms with Crippen molar-refractivity contribution >= 4 is 34.0 Å². The molecule has 1 aromatic carbocycles. The van der Waals surface area contributed by atoms with Gasteiger partial charge in [0.05, 0.1) is 20.3 Å². The SMILES string of the molecule is CNC(=O)NC(=O)COC(=O)C=Cc1ccc(OC)c(S(=O)(=O)N2CCOCC2)c1. The van der Waals surface area contributed by atoms with Gasteiger partial charge in [0, 0.05) is 26.2 Å². The summed E-state index contributed by atoms with van der Waals surface area (Å²) < 4.78 is 42.3. The number of morpholine rings is 1. The van der Waals surface area contributed by atoms with E-state index in [1.807, 2.05) is 5.32 Å². The van der Waals surface area contributed by atoms with Crippen LogP contribution in [-0.4, -0.2) is 77.7 Å². The maximum Gasteiger partial charge on any atom is 0.331 e. The van der Waals surface area contributed by atoms with E-state index >= 15 is 0 Å². The zero-order valence-electron chi connectivity index (χ0n) is 16.5. The zero-order chi connectivity index (χ0) is 22.1. The fourth-order valence-electron chi connectivity index (χ4n) is 2.50. The van der Waals surface area contributed by atoms with Gasteiger partial charge in [-0.25, -0.2) is 18.0 Å². The van der Waals surface area contributed by atoms with Crippen LogP contribution in [0.3, 0.4) is 0 Å². The van der Waals surface area contributed by atoms with Crippen LogP contribution in [0.2, 0.25) is 0 Å². The van der Waals surface area contributed by atoms with Gasteiger partial charge in [-0.05, 0) is 23.8 Å². The predicted octanol–water partition coefficient (Wildman–Crippen LogP) is -0.272. The molecule has 3 amide bonds. The first kappa shape index (κ1) is 23.3. The molecule has 0 bridgehead atoms. The standard InChI is InChI=1S/C18H23N3O8S/c1-19-18(24)20-16(22)12-29-17(23)6-4-13-3-5-14(27-2)15(11-13)30(25,26)21-7-9-28-10-8-21/h3-6,11H,7-10,12H2,1-2H3,(H2,19,20,22,24). The zero-order valence-corrected chi connectivity index (χ0v) is 17.4. The van der Waals surface area contributed by atoms with Gasteiger partial charge in [-0.3, -0.25) is 10.1 Å². The maximum absolute atomic E-state index is 12.9. The molecule has 30 heavy (non-hydrogen) atoms. The summed E-state index contributed by atoms with van der Waals surface area (Å²) in [6.45, 7) is 0.433. The van der Waals surface area contributed by atoms with Crippen molar-refractivity contribution in [2.75, 3.05) is 47.1 Å². The molecule has 1 aromatic rings. The van der Waals surface area contributed by atoms with E-state index in [2.05, 4.69) is 5.32 Å². The molecule has 1 heterocycles. The summed E-state index contributed by atoms with van der Waals surface area (Å²) in [5, 5.41) is 4.13. The number of ether oxygens (including phenoxy) is 3. The molecular weight excluding hydrogens is 418 g/mol. The minimum Gasteiger partial charge on any atom is -0.495 e. The Balaban J connectivity index is 2.09. The molecule has 1 fully saturated rings. The van der Waals surface area contributed by atoms with Gasteiger partial charge in [0.25, 0.3) is 5.91 Å². The van der Waals surface area contributed by atoms with Crippen molar-refractivity contribution in [3.63, 3.8) is 0 Å². The third-order valence-electron chi connectivity index (χ3n) is 4.01. The lowest BCUT2D eigenvalue weighted by atomic mass is 10.2. The highest BCUT2D eigenvalue weighted by Crippen LogP contribution is 2.28. The van der Waals surface area contributed by atoms with Gasteiger partial charge in [0.15, 0.2) is 6.61 Å². The fraction of sp³-hybridized carbons (Fsp3) is 0.389. The molecule has 0 radical (unpaired) electrons. The summed E-state index contributed by atoms with van der Waals surface area (Å²) in [6.07, 6.45) is 2.39. The number of rotatable bonds is 7. The molecule has 2 rings (SSSR count). The largest absolute Gasteiger partial charge is 0.495 e. The topological polar surface area (TPSA) is 140 Å². The fourth-order valence-corrected chi connectivity index (χ4v) is 4.10. The van der Waals surface area contributed by atoms with Gasteiger partial charge < -0.3 is 19.5 Å². The Morgan fingerprint density at radius 3 is 2.57 bits per heavy atom. The number of nitrogens with zero attached hydrogens (tertiary/aromatic N) is 1. The molecule has 1 aliphatic rings. The number of carbonyl (C=O) groups is 3. The molecule has 1 aliphatic heterocycles. The highest BCUT2D eigenvalue weighted by Gasteiger charge is 2.29. The smallest absolute Gasteiger partial charge is 0.331 e. The predicted molar refractivity (Wildman–Crippen MR) is 105 cm³/mol. The summed E-state index contributed by atoms with van der Waals surface area (Å²) in [5.41, 5.74) is 0.411. The molecule has 0 spiro atoms. The van der Waals surface area contributed by atoms with Crippen molar-refractivity contribution in [3.05, 3.63) is 29.8 Å². The number of sulfonamides is 1. The Morgan fingerprint density at radius 1 is 1.23 bits per heavy atom. The molecule has 0 atom stereocenters. The quantitative estimate of drug-likeness (QED) is 0.435. The Hall–Kier alpha value is -2.96. The Labute approximate surface area is 174 Å². The number of methoxy groups -OCH3 is 1. The van der Waals surface area contributed by atoms with Crippen LogP contribution in [0.5, 0.6) is 5.75 Å². The first-order valence-electron chi connectivity index (χ1n) is 8.90. The van der Waals surface area contributed by atoms with E-state index in [4.69, 9.17) is 14.2 Å². The average molecular weight is 441 g/mol. The maximum atomic E-state index is 12.9. The summed E-state index contributed by atoms with van der Waals surface area (Å²) in [4.78, 5) is 34.1. The van der Waals surface area contributed by atoms with Crippen LogP contribution in [0.4, 0.5) is 4.79 Å². The van der Waals surface area contributed by atoms with E-state index in [0.29, 0.717) is 18.8 Å². The van der Waals surface area contributed by atoms with Gasteiger partial charge in [0.1, 0.15) is 10.6 Å². The number of urea groups is 1. The first-order valence-corrected chi connectivity index (χ1v) is 10.3. The number of amides is 3. The summed E-state index contributed by atoms with van der Waals surface area (Å²) in [6, 6.07) is 3.71. The molecular formula is C18H23N3O8S. The number of esters is 1. The number of benzene rings is 1. The van der Waals surface area contributed by atoms with Gasteiger partial charge in [-0.1, -0.05) is 6.07 Å². The normalized spacial score (nSPS) is 14.9. The van der Waals surface area contributed by atoms with Crippen LogP contribution in [0.15, 0.2) is 29.2 Å². The lowest BCUT2D eigenvalue weighted by molar-refractivity contribution is -0.143. The summed E-state index contributed by atoms with van der Waals surface area (Å²) in [7, 11) is -1.12. The Bertz CT molecular complexity index is 923. The monoisotopic (exact) mass is 441 g/mol. The van der Waals surface area contributed by atoms with Crippen molar-refractivity contribution in [1.82, 2.24) is 14.9 Å². The van der Waals surface area contributed by atoms with E-state index in [9.17, 15) is 22.8 Å². The summed E-state index contributed by atoms with van der Waals surface area (Å²) in [5.74, 6) is -1.46. The van der Waals surface area contributed by atoms with Crippen LogP contribution in [0, 0.1) is 0 Å². The van der Waals surface area contributed by atoms with E-state index in [0.717, 1.165) is 6.08 Å². The lowest BCUT2D eigenvalue weighted by Crippen LogP contribution is -2.40. The highest BCUT2D eigenvalue weighted by molar-refractivity contribution is 7.89. The van der Waals surface area contributed by atoms with Gasteiger partial charge in [-0.2, -0.15) is 4.31 Å². The van der Waals surface area contributed by atoms with Crippen molar-refractivity contribution in [1.29, 1.82) is 0 Å². The van der Waals surface area contributed by atoms with Crippen molar-refractivity contribution in [2.45, 2.75) is 4.90 Å². The summed E-state index contributed by atoms with van der Waals surface area (Å²) >= 11 is 0. The van der Waals surface area contributed by atoms with E-state index in [1.54, 1.807) is 6.07 Å². The average Bonchev–Trinajstić information content (AvgIpc) is 2.76. The Kier molecular flexibility index (Phi) is 8.33. The van der Waals surface area contributed by atoms with Gasteiger partial charge >= 0.3 is 12.0 Å². The minimum absolute atomic E-state index is 0.0348. The van der Waals surface area contributed by atoms with E-state index < -0.39 is 34.5 Å². The molecule has 164 valence electrons. The number of hydrogen-bond donors (Lipinski definition) is 2. The molecule has 12 heteroatoms. The second-order valence-electron chi connectivity index (χ2n) is 6.00. The number of imide groups is 1. The minimum atomic E-state index is -3.81. The van der Waals surface area contributed by atoms with Gasteiger partial charge in [0.2, 0.25) is 10.0 Å². The Morgan fingerprint density at radius 2 is 1.93 bits per heavy atom. The lowest BCUT2D eigenvalue weighted by Gasteiger charge is -2.26. The number of hydrogen-bond acceptors (Lipinski definition) is 8. The number of nitrogens with one attached hydrogen (secondary N) is 2. The molecule has 0 aliphatic carbocycles. The third-order valence-corrected chi connectivity index (χ3v) is 5.93. The molecule has 11 nitrogen and oxygen atoms in total. The molecule has 0 unspecified atom stereocenters. The molecule has 2 N–H and O–H groups in total. The van der Waals surface area contributed by atoms with Crippen LogP contribution in [0.1, 0.15) is 5.56 Å². The number of carbonyl (C=O) groups excluding carboxylic acids is 3. The van der Waals surface area contributed by atoms with Crippen LogP contribution in [-0.2, 0) is 29.1 Å². The molecule has 1 saturated heterocycles. The van der Waals surface area contributed by atoms with Crippen molar-refractivity contribution in [2.24, 2.45) is 0 Å². The van der Waals surface area contributed by atoms with Crippen LogP contribution < -0.4 is 15.4 Å². The second kappa shape index (κ2) is 10.7.